The zero-order valence-corrected chi connectivity index (χ0v) is 10.3. The maximum absolute atomic E-state index is 12.1. The molecule has 1 rings (SSSR count). The van der Waals surface area contributed by atoms with Gasteiger partial charge in [-0.2, -0.15) is 0 Å². The molecule has 0 aromatic carbocycles. The van der Waals surface area contributed by atoms with Crippen LogP contribution < -0.4 is 0 Å². The van der Waals surface area contributed by atoms with Crippen LogP contribution in [0.5, 0.6) is 0 Å². The van der Waals surface area contributed by atoms with Crippen LogP contribution >= 0.6 is 0 Å². The van der Waals surface area contributed by atoms with Crippen molar-refractivity contribution in [3.05, 3.63) is 23.7 Å². The van der Waals surface area contributed by atoms with E-state index in [1.54, 1.807) is 13.0 Å². The topological polar surface area (TPSA) is 70.8 Å². The fraction of sp³-hybridized carbons (Fsp3) is 0.500. The van der Waals surface area contributed by atoms with Gasteiger partial charge >= 0.3 is 5.97 Å². The molecule has 0 saturated heterocycles. The lowest BCUT2D eigenvalue weighted by Crippen LogP contribution is -2.35. The number of nitrogens with zero attached hydrogens (tertiary/aromatic N) is 1. The van der Waals surface area contributed by atoms with E-state index in [-0.39, 0.29) is 18.4 Å². The van der Waals surface area contributed by atoms with Gasteiger partial charge in [0, 0.05) is 12.5 Å². The highest BCUT2D eigenvalue weighted by Gasteiger charge is 2.22. The van der Waals surface area contributed by atoms with Crippen LogP contribution in [0.15, 0.2) is 16.7 Å². The van der Waals surface area contributed by atoms with Crippen LogP contribution in [-0.2, 0) is 4.79 Å². The molecule has 5 nitrogen and oxygen atoms in total. The van der Waals surface area contributed by atoms with Gasteiger partial charge in [-0.25, -0.2) is 0 Å². The summed E-state index contributed by atoms with van der Waals surface area (Å²) in [6.45, 7) is 5.65. The van der Waals surface area contributed by atoms with Crippen molar-refractivity contribution in [2.75, 3.05) is 13.1 Å². The molecule has 0 aliphatic rings. The highest BCUT2D eigenvalue weighted by atomic mass is 16.4. The highest BCUT2D eigenvalue weighted by Crippen LogP contribution is 2.21. The molecule has 0 fully saturated rings. The van der Waals surface area contributed by atoms with Crippen molar-refractivity contribution in [3.63, 3.8) is 0 Å². The number of rotatable bonds is 5. The van der Waals surface area contributed by atoms with Crippen molar-refractivity contribution in [1.82, 2.24) is 4.90 Å². The Bertz CT molecular complexity index is 408. The lowest BCUT2D eigenvalue weighted by Gasteiger charge is -2.18. The summed E-state index contributed by atoms with van der Waals surface area (Å²) in [5.41, 5.74) is 0.447. The zero-order valence-electron chi connectivity index (χ0n) is 10.3. The molecule has 1 N–H and O–H groups in total. The van der Waals surface area contributed by atoms with Gasteiger partial charge in [-0.05, 0) is 13.0 Å². The first-order valence-corrected chi connectivity index (χ1v) is 5.55. The van der Waals surface area contributed by atoms with E-state index in [4.69, 9.17) is 9.52 Å². The Kier molecular flexibility index (Phi) is 4.31. The van der Waals surface area contributed by atoms with E-state index in [0.717, 1.165) is 0 Å². The Morgan fingerprint density at radius 1 is 1.47 bits per heavy atom. The van der Waals surface area contributed by atoms with Crippen molar-refractivity contribution in [3.8, 4) is 0 Å². The fourth-order valence-electron chi connectivity index (χ4n) is 1.61. The number of likely N-dealkylation sites (N-methyl/N-ethyl adjacent to an activating group) is 1. The average Bonchev–Trinajstić information content (AvgIpc) is 2.73. The van der Waals surface area contributed by atoms with Crippen LogP contribution in [0.4, 0.5) is 0 Å². The third-order valence-electron chi connectivity index (χ3n) is 2.45. The molecule has 17 heavy (non-hydrogen) atoms. The number of carboxylic acids is 1. The predicted molar refractivity (Wildman–Crippen MR) is 62.0 cm³/mol. The predicted octanol–water partition coefficient (Wildman–Crippen LogP) is 1.95. The van der Waals surface area contributed by atoms with E-state index in [1.807, 2.05) is 13.8 Å². The molecular formula is C12H17NO4. The second-order valence-electron chi connectivity index (χ2n) is 4.07. The maximum Gasteiger partial charge on any atom is 0.323 e. The quantitative estimate of drug-likeness (QED) is 0.852. The lowest BCUT2D eigenvalue weighted by molar-refractivity contribution is -0.137. The summed E-state index contributed by atoms with van der Waals surface area (Å²) in [7, 11) is 0. The van der Waals surface area contributed by atoms with Gasteiger partial charge in [0.25, 0.3) is 5.91 Å². The summed E-state index contributed by atoms with van der Waals surface area (Å²) in [5, 5.41) is 8.72. The van der Waals surface area contributed by atoms with Gasteiger partial charge in [-0.1, -0.05) is 13.8 Å². The molecule has 1 heterocycles. The van der Waals surface area contributed by atoms with Gasteiger partial charge in [-0.15, -0.1) is 0 Å². The van der Waals surface area contributed by atoms with E-state index in [1.165, 1.54) is 11.2 Å². The Balaban J connectivity index is 2.93. The molecular weight excluding hydrogens is 222 g/mol. The van der Waals surface area contributed by atoms with Gasteiger partial charge in [-0.3, -0.25) is 9.59 Å². The number of hydrogen-bond acceptors (Lipinski definition) is 3. The molecule has 1 aromatic rings. The maximum atomic E-state index is 12.1. The van der Waals surface area contributed by atoms with Crippen molar-refractivity contribution in [2.24, 2.45) is 0 Å². The second-order valence-corrected chi connectivity index (χ2v) is 4.07. The molecule has 1 aromatic heterocycles. The van der Waals surface area contributed by atoms with Crippen molar-refractivity contribution >= 4 is 11.9 Å². The minimum Gasteiger partial charge on any atom is -0.480 e. The van der Waals surface area contributed by atoms with Crippen molar-refractivity contribution < 1.29 is 19.1 Å². The van der Waals surface area contributed by atoms with E-state index in [2.05, 4.69) is 0 Å². The van der Waals surface area contributed by atoms with Crippen molar-refractivity contribution in [2.45, 2.75) is 26.7 Å². The van der Waals surface area contributed by atoms with Crippen LogP contribution in [-0.4, -0.2) is 35.0 Å². The number of carboxylic acid groups (broad SMARTS) is 1. The molecule has 0 unspecified atom stereocenters. The Labute approximate surface area is 100 Å². The average molecular weight is 239 g/mol. The molecule has 0 aliphatic carbocycles. The first kappa shape index (κ1) is 13.3. The molecule has 5 heteroatoms. The van der Waals surface area contributed by atoms with Gasteiger partial charge in [0.05, 0.1) is 11.8 Å². The fourth-order valence-corrected chi connectivity index (χ4v) is 1.61. The van der Waals surface area contributed by atoms with Gasteiger partial charge < -0.3 is 14.4 Å². The molecule has 0 radical (unpaired) electrons. The number of carbonyl (C=O) groups excluding carboxylic acids is 1. The van der Waals surface area contributed by atoms with Gasteiger partial charge in [0.2, 0.25) is 0 Å². The third kappa shape index (κ3) is 3.09. The third-order valence-corrected chi connectivity index (χ3v) is 2.45. The van der Waals surface area contributed by atoms with Gasteiger partial charge in [0.1, 0.15) is 12.3 Å². The standard InChI is InChI=1S/C12H17NO4/c1-4-13(7-10(14)15)12(16)9-5-6-17-11(9)8(2)3/h5-6,8H,4,7H2,1-3H3,(H,14,15). The second kappa shape index (κ2) is 5.52. The Morgan fingerprint density at radius 3 is 2.59 bits per heavy atom. The number of hydrogen-bond donors (Lipinski definition) is 1. The van der Waals surface area contributed by atoms with Crippen LogP contribution in [0.25, 0.3) is 0 Å². The van der Waals surface area contributed by atoms with Gasteiger partial charge in [0.15, 0.2) is 0 Å². The smallest absolute Gasteiger partial charge is 0.323 e. The molecule has 0 aliphatic heterocycles. The first-order chi connectivity index (χ1) is 7.97. The molecule has 94 valence electrons. The minimum atomic E-state index is -1.02. The number of aliphatic carboxylic acids is 1. The number of carbonyl (C=O) groups is 2. The van der Waals surface area contributed by atoms with E-state index >= 15 is 0 Å². The van der Waals surface area contributed by atoms with Crippen LogP contribution in [0, 0.1) is 0 Å². The van der Waals surface area contributed by atoms with Crippen LogP contribution in [0.3, 0.4) is 0 Å². The largest absolute Gasteiger partial charge is 0.480 e. The monoisotopic (exact) mass is 239 g/mol. The first-order valence-electron chi connectivity index (χ1n) is 5.55. The summed E-state index contributed by atoms with van der Waals surface area (Å²) >= 11 is 0. The molecule has 1 amide bonds. The molecule has 0 spiro atoms. The summed E-state index contributed by atoms with van der Waals surface area (Å²) in [6.07, 6.45) is 1.46. The summed E-state index contributed by atoms with van der Waals surface area (Å²) in [4.78, 5) is 24.0. The van der Waals surface area contributed by atoms with Crippen LogP contribution in [0.1, 0.15) is 42.8 Å². The zero-order chi connectivity index (χ0) is 13.0. The molecule has 0 bridgehead atoms. The summed E-state index contributed by atoms with van der Waals surface area (Å²) < 4.78 is 5.25. The molecule has 0 atom stereocenters. The Hall–Kier alpha value is -1.78. The molecule has 0 saturated carbocycles. The SMILES string of the molecule is CCN(CC(=O)O)C(=O)c1ccoc1C(C)C. The van der Waals surface area contributed by atoms with E-state index in [0.29, 0.717) is 17.9 Å². The summed E-state index contributed by atoms with van der Waals surface area (Å²) in [5.74, 6) is -0.631. The lowest BCUT2D eigenvalue weighted by atomic mass is 10.1. The van der Waals surface area contributed by atoms with Crippen LogP contribution in [0.2, 0.25) is 0 Å². The highest BCUT2D eigenvalue weighted by molar-refractivity contribution is 5.96. The summed E-state index contributed by atoms with van der Waals surface area (Å²) in [6, 6.07) is 1.59. The van der Waals surface area contributed by atoms with E-state index in [9.17, 15) is 9.59 Å². The van der Waals surface area contributed by atoms with E-state index < -0.39 is 5.97 Å². The minimum absolute atomic E-state index is 0.0903. The number of furan rings is 1. The Morgan fingerprint density at radius 2 is 2.12 bits per heavy atom. The number of amides is 1. The van der Waals surface area contributed by atoms with Crippen molar-refractivity contribution in [1.29, 1.82) is 0 Å². The normalized spacial score (nSPS) is 10.6.